The Bertz CT molecular complexity index is 2970. The summed E-state index contributed by atoms with van der Waals surface area (Å²) in [5.74, 6) is 0.823. The number of aromatic nitrogens is 4. The molecular weight excluding hydrogens is 884 g/mol. The fraction of sp³-hybridized carbons (Fsp3) is 0.220. The van der Waals surface area contributed by atoms with Crippen molar-refractivity contribution in [1.29, 1.82) is 0 Å². The quantitative estimate of drug-likeness (QED) is 0.161. The van der Waals surface area contributed by atoms with Crippen molar-refractivity contribution in [2.24, 2.45) is 0 Å². The molecule has 289 valence electrons. The predicted molar refractivity (Wildman–Crippen MR) is 228 cm³/mol. The number of pyridine rings is 2. The van der Waals surface area contributed by atoms with E-state index in [2.05, 4.69) is 119 Å². The topological polar surface area (TPSA) is 56.7 Å². The fourth-order valence-electron chi connectivity index (χ4n) is 7.28. The van der Waals surface area contributed by atoms with Crippen molar-refractivity contribution >= 4 is 44.0 Å². The van der Waals surface area contributed by atoms with Gasteiger partial charge >= 0.3 is 0 Å². The number of halogens is 1. The first kappa shape index (κ1) is 35.9. The van der Waals surface area contributed by atoms with E-state index in [1.54, 1.807) is 12.3 Å². The van der Waals surface area contributed by atoms with Crippen molar-refractivity contribution in [2.45, 2.75) is 72.6 Å². The number of hydrogen-bond acceptors (Lipinski definition) is 4. The van der Waals surface area contributed by atoms with Gasteiger partial charge < -0.3 is 14.0 Å². The van der Waals surface area contributed by atoms with Crippen LogP contribution in [0.3, 0.4) is 0 Å². The Morgan fingerprint density at radius 3 is 2.21 bits per heavy atom. The molecule has 0 N–H and O–H groups in total. The SMILES string of the molecule is CC(C)c1cccc(C(C)C)c1-n1c(-c2[c-]ccc3c2oc2ccccc23)nc2nc3ccccc3cc21.[2H]C([2H])([2H])c1c[c-]c(-c2ccc(C(C)(C)C)cn2)c(F)c1.[Ir]. The van der Waals surface area contributed by atoms with E-state index in [1.807, 2.05) is 42.5 Å². The van der Waals surface area contributed by atoms with Gasteiger partial charge in [-0.15, -0.1) is 42.0 Å². The van der Waals surface area contributed by atoms with Crippen LogP contribution < -0.4 is 0 Å². The number of rotatable bonds is 5. The van der Waals surface area contributed by atoms with Crippen LogP contribution in [0.2, 0.25) is 0 Å². The maximum absolute atomic E-state index is 14.1. The van der Waals surface area contributed by atoms with Crippen LogP contribution in [0, 0.1) is 24.8 Å². The molecule has 0 unspecified atom stereocenters. The number of hydrogen-bond donors (Lipinski definition) is 0. The van der Waals surface area contributed by atoms with E-state index in [0.717, 1.165) is 61.4 Å². The zero-order valence-corrected chi connectivity index (χ0v) is 35.4. The Balaban J connectivity index is 0.000000212. The first-order chi connectivity index (χ1) is 28.1. The number of furan rings is 1. The third-order valence-electron chi connectivity index (χ3n) is 10.3. The van der Waals surface area contributed by atoms with Crippen LogP contribution in [0.25, 0.3) is 72.3 Å². The van der Waals surface area contributed by atoms with Crippen LogP contribution in [0.4, 0.5) is 4.39 Å². The molecule has 9 aromatic rings. The molecule has 1 radical (unpaired) electrons. The molecular formula is C50H45FIrN4O-2. The maximum Gasteiger partial charge on any atom is 0.168 e. The van der Waals surface area contributed by atoms with Gasteiger partial charge in [0.2, 0.25) is 0 Å². The Morgan fingerprint density at radius 1 is 0.789 bits per heavy atom. The normalized spacial score (nSPS) is 12.8. The van der Waals surface area contributed by atoms with E-state index < -0.39 is 12.7 Å². The van der Waals surface area contributed by atoms with Crippen LogP contribution >= 0.6 is 0 Å². The zero-order valence-electron chi connectivity index (χ0n) is 36.0. The minimum absolute atomic E-state index is 0. The smallest absolute Gasteiger partial charge is 0.168 e. The molecule has 9 rings (SSSR count). The standard InChI is InChI=1S/C34H28N3O.C16H17FN.Ir/c1-20(2)23-13-9-14-24(21(3)4)31(23)37-29-19-22-11-5-7-17-28(22)35-33(29)36-34(37)27-16-10-15-26-25-12-6-8-18-30(25)38-32(26)27;1-11-5-7-13(14(17)9-11)15-8-6-12(10-18-15)16(2,3)4;/h5-15,17-21H,1-4H3;5-6,8-10H,1-4H3;/q2*-1;/i;1D3;. The first-order valence-electron chi connectivity index (χ1n) is 20.5. The second-order valence-electron chi connectivity index (χ2n) is 15.9. The van der Waals surface area contributed by atoms with Crippen LogP contribution in [0.1, 0.15) is 86.7 Å². The van der Waals surface area contributed by atoms with Crippen molar-refractivity contribution < 1.29 is 33.0 Å². The molecule has 7 heteroatoms. The molecule has 0 spiro atoms. The third-order valence-corrected chi connectivity index (χ3v) is 10.3. The molecule has 57 heavy (non-hydrogen) atoms. The second-order valence-corrected chi connectivity index (χ2v) is 15.9. The van der Waals surface area contributed by atoms with Crippen LogP contribution in [-0.2, 0) is 25.5 Å². The van der Waals surface area contributed by atoms with Gasteiger partial charge in [0, 0.05) is 52.7 Å². The molecule has 0 saturated carbocycles. The number of imidazole rings is 1. The Kier molecular flexibility index (Phi) is 9.95. The van der Waals surface area contributed by atoms with E-state index >= 15 is 0 Å². The Labute approximate surface area is 351 Å². The first-order valence-corrected chi connectivity index (χ1v) is 19.0. The van der Waals surface area contributed by atoms with Gasteiger partial charge in [-0.2, -0.15) is 0 Å². The van der Waals surface area contributed by atoms with E-state index in [1.165, 1.54) is 22.9 Å². The Hall–Kier alpha value is -5.49. The minimum atomic E-state index is -2.33. The molecule has 4 aromatic heterocycles. The summed E-state index contributed by atoms with van der Waals surface area (Å²) in [6.45, 7) is 12.9. The van der Waals surface area contributed by atoms with E-state index in [9.17, 15) is 4.39 Å². The van der Waals surface area contributed by atoms with Gasteiger partial charge in [0.05, 0.1) is 22.4 Å². The van der Waals surface area contributed by atoms with Gasteiger partial charge in [0.15, 0.2) is 5.65 Å². The average Bonchev–Trinajstić information content (AvgIpc) is 3.77. The van der Waals surface area contributed by atoms with Gasteiger partial charge in [-0.25, -0.2) is 4.98 Å². The van der Waals surface area contributed by atoms with Crippen molar-refractivity contribution in [3.05, 3.63) is 156 Å². The number of fused-ring (bicyclic) bond motifs is 5. The summed E-state index contributed by atoms with van der Waals surface area (Å²) in [5.41, 5.74) is 10.4. The number of para-hydroxylation sites is 3. The van der Waals surface area contributed by atoms with Crippen LogP contribution in [0.5, 0.6) is 0 Å². The minimum Gasteiger partial charge on any atom is -0.501 e. The summed E-state index contributed by atoms with van der Waals surface area (Å²) in [4.78, 5) is 14.5. The van der Waals surface area contributed by atoms with Gasteiger partial charge in [-0.05, 0) is 57.8 Å². The van der Waals surface area contributed by atoms with Gasteiger partial charge in [-0.3, -0.25) is 9.37 Å². The summed E-state index contributed by atoms with van der Waals surface area (Å²) >= 11 is 0. The molecule has 0 bridgehead atoms. The largest absolute Gasteiger partial charge is 0.501 e. The summed E-state index contributed by atoms with van der Waals surface area (Å²) in [5, 5.41) is 3.24. The van der Waals surface area contributed by atoms with Crippen molar-refractivity contribution in [3.8, 4) is 28.3 Å². The number of nitrogens with zero attached hydrogens (tertiary/aromatic N) is 4. The molecule has 0 amide bonds. The predicted octanol–water partition coefficient (Wildman–Crippen LogP) is 13.5. The van der Waals surface area contributed by atoms with Gasteiger partial charge in [0.25, 0.3) is 0 Å². The van der Waals surface area contributed by atoms with Crippen LogP contribution in [-0.4, -0.2) is 19.5 Å². The molecule has 0 saturated heterocycles. The maximum atomic E-state index is 14.1. The molecule has 0 aliphatic rings. The summed E-state index contributed by atoms with van der Waals surface area (Å²) in [6.07, 6.45) is 1.71. The van der Waals surface area contributed by atoms with Crippen molar-refractivity contribution in [3.63, 3.8) is 0 Å². The average molecular weight is 932 g/mol. The summed E-state index contributed by atoms with van der Waals surface area (Å²) in [6, 6.07) is 41.5. The van der Waals surface area contributed by atoms with E-state index in [4.69, 9.17) is 18.5 Å². The molecule has 4 heterocycles. The molecule has 0 atom stereocenters. The Morgan fingerprint density at radius 2 is 1.53 bits per heavy atom. The number of benzene rings is 5. The second kappa shape index (κ2) is 15.8. The third kappa shape index (κ3) is 7.55. The van der Waals surface area contributed by atoms with Crippen molar-refractivity contribution in [2.75, 3.05) is 0 Å². The van der Waals surface area contributed by atoms with Gasteiger partial charge in [0.1, 0.15) is 5.58 Å². The molecule has 0 aliphatic carbocycles. The van der Waals surface area contributed by atoms with Gasteiger partial charge in [-0.1, -0.05) is 139 Å². The molecule has 0 fully saturated rings. The van der Waals surface area contributed by atoms with Crippen LogP contribution in [0.15, 0.2) is 120 Å². The molecule has 5 nitrogen and oxygen atoms in total. The van der Waals surface area contributed by atoms with E-state index in [0.29, 0.717) is 23.2 Å². The number of aryl methyl sites for hydroxylation is 1. The summed E-state index contributed by atoms with van der Waals surface area (Å²) in [7, 11) is 0. The fourth-order valence-corrected chi connectivity index (χ4v) is 7.28. The monoisotopic (exact) mass is 932 g/mol. The molecule has 0 aliphatic heterocycles. The summed E-state index contributed by atoms with van der Waals surface area (Å²) < 4.78 is 44.7. The molecule has 5 aromatic carbocycles. The van der Waals surface area contributed by atoms with Crippen molar-refractivity contribution in [1.82, 2.24) is 19.5 Å². The zero-order chi connectivity index (χ0) is 41.8. The van der Waals surface area contributed by atoms with E-state index in [-0.39, 0.29) is 36.6 Å².